The average molecular weight is 528 g/mol. The summed E-state index contributed by atoms with van der Waals surface area (Å²) in [4.78, 5) is 31.2. The molecule has 0 aliphatic heterocycles. The number of allylic oxidation sites excluding steroid dienone is 2. The summed E-state index contributed by atoms with van der Waals surface area (Å²) >= 11 is 0. The number of hydrogen-bond donors (Lipinski definition) is 0. The molecule has 1 aromatic rings. The van der Waals surface area contributed by atoms with Gasteiger partial charge in [0.25, 0.3) is 0 Å². The van der Waals surface area contributed by atoms with Gasteiger partial charge in [-0.15, -0.1) is 0 Å². The van der Waals surface area contributed by atoms with Crippen LogP contribution >= 0.6 is 0 Å². The average Bonchev–Trinajstić information content (AvgIpc) is 3.29. The van der Waals surface area contributed by atoms with Crippen LogP contribution in [0.5, 0.6) is 0 Å². The SMILES string of the molecule is C=C(C)[C@@H]1CC[C@]2(C=O)CC[C@]3(C)[C@H](CC[C@@H]4[C@@]5(C)C/C(=C/c6ccccn6)C(=O)C(C)(C)[C@@H]5CC[C@]43C)[C@@H]12. The van der Waals surface area contributed by atoms with Crippen LogP contribution in [0.2, 0.25) is 0 Å². The van der Waals surface area contributed by atoms with Gasteiger partial charge in [-0.1, -0.05) is 52.8 Å². The van der Waals surface area contributed by atoms with Crippen LogP contribution in [0.25, 0.3) is 6.08 Å². The van der Waals surface area contributed by atoms with E-state index in [0.29, 0.717) is 35.4 Å². The fraction of sp³-hybridized carbons (Fsp3) is 0.694. The summed E-state index contributed by atoms with van der Waals surface area (Å²) in [5.74, 6) is 2.78. The van der Waals surface area contributed by atoms with Gasteiger partial charge in [0.15, 0.2) is 5.78 Å². The highest BCUT2D eigenvalue weighted by atomic mass is 16.1. The number of nitrogens with zero attached hydrogens (tertiary/aromatic N) is 1. The topological polar surface area (TPSA) is 47.0 Å². The third-order valence-corrected chi connectivity index (χ3v) is 14.0. The number of hydrogen-bond acceptors (Lipinski definition) is 3. The molecule has 1 aromatic heterocycles. The Bertz CT molecular complexity index is 1230. The minimum atomic E-state index is -0.373. The van der Waals surface area contributed by atoms with Gasteiger partial charge in [-0.25, -0.2) is 0 Å². The molecule has 0 radical (unpaired) electrons. The molecule has 5 aliphatic rings. The van der Waals surface area contributed by atoms with Crippen LogP contribution in [0, 0.1) is 56.7 Å². The minimum absolute atomic E-state index is 0.0711. The second-order valence-corrected chi connectivity index (χ2v) is 15.7. The summed E-state index contributed by atoms with van der Waals surface area (Å²) in [5.41, 5.74) is 3.10. The lowest BCUT2D eigenvalue weighted by atomic mass is 9.32. The molecular formula is C36H49NO2. The lowest BCUT2D eigenvalue weighted by Crippen LogP contribution is -2.66. The predicted octanol–water partition coefficient (Wildman–Crippen LogP) is 8.50. The minimum Gasteiger partial charge on any atom is -0.303 e. The maximum absolute atomic E-state index is 13.9. The Morgan fingerprint density at radius 3 is 2.38 bits per heavy atom. The molecule has 1 heterocycles. The van der Waals surface area contributed by atoms with Gasteiger partial charge < -0.3 is 4.79 Å². The Labute approximate surface area is 236 Å². The van der Waals surface area contributed by atoms with E-state index in [9.17, 15) is 9.59 Å². The number of aldehydes is 1. The van der Waals surface area contributed by atoms with Crippen LogP contribution in [0.1, 0.15) is 105 Å². The normalized spacial score (nSPS) is 47.5. The third kappa shape index (κ3) is 3.50. The molecule has 5 fully saturated rings. The van der Waals surface area contributed by atoms with Crippen molar-refractivity contribution in [2.24, 2.45) is 56.7 Å². The smallest absolute Gasteiger partial charge is 0.164 e. The highest BCUT2D eigenvalue weighted by molar-refractivity contribution is 6.04. The molecule has 5 saturated carbocycles. The molecule has 0 aromatic carbocycles. The van der Waals surface area contributed by atoms with Gasteiger partial charge in [0, 0.05) is 17.0 Å². The second-order valence-electron chi connectivity index (χ2n) is 15.7. The first-order valence-electron chi connectivity index (χ1n) is 15.6. The predicted molar refractivity (Wildman–Crippen MR) is 158 cm³/mol. The summed E-state index contributed by atoms with van der Waals surface area (Å²) in [6.45, 7) is 18.8. The maximum Gasteiger partial charge on any atom is 0.164 e. The molecule has 0 spiro atoms. The zero-order valence-electron chi connectivity index (χ0n) is 25.2. The second kappa shape index (κ2) is 8.73. The molecule has 0 bridgehead atoms. The third-order valence-electron chi connectivity index (χ3n) is 14.0. The van der Waals surface area contributed by atoms with Crippen LogP contribution in [-0.2, 0) is 9.59 Å². The van der Waals surface area contributed by atoms with E-state index in [2.05, 4.69) is 59.2 Å². The van der Waals surface area contributed by atoms with Gasteiger partial charge in [0.05, 0.1) is 5.69 Å². The number of Topliss-reactive ketones (excluding diaryl/α,β-unsaturated/α-hetero) is 1. The Morgan fingerprint density at radius 2 is 1.72 bits per heavy atom. The number of pyridine rings is 1. The number of aromatic nitrogens is 1. The van der Waals surface area contributed by atoms with E-state index >= 15 is 0 Å². The number of carbonyl (C=O) groups is 2. The molecule has 3 heteroatoms. The van der Waals surface area contributed by atoms with Crippen molar-refractivity contribution in [3.8, 4) is 0 Å². The maximum atomic E-state index is 13.9. The van der Waals surface area contributed by atoms with Gasteiger partial charge in [-0.05, 0) is 134 Å². The van der Waals surface area contributed by atoms with Crippen LogP contribution in [0.4, 0.5) is 0 Å². The molecule has 3 nitrogen and oxygen atoms in total. The highest BCUT2D eigenvalue weighted by Gasteiger charge is 2.71. The van der Waals surface area contributed by atoms with Gasteiger partial charge in [-0.2, -0.15) is 0 Å². The first-order valence-corrected chi connectivity index (χ1v) is 15.6. The summed E-state index contributed by atoms with van der Waals surface area (Å²) in [5, 5.41) is 0. The molecule has 0 N–H and O–H groups in total. The number of fused-ring (bicyclic) bond motifs is 7. The number of carbonyl (C=O) groups excluding carboxylic acids is 2. The van der Waals surface area contributed by atoms with Gasteiger partial charge in [0.1, 0.15) is 6.29 Å². The van der Waals surface area contributed by atoms with Crippen molar-refractivity contribution in [1.29, 1.82) is 0 Å². The van der Waals surface area contributed by atoms with Crippen LogP contribution in [0.3, 0.4) is 0 Å². The van der Waals surface area contributed by atoms with Crippen LogP contribution < -0.4 is 0 Å². The van der Waals surface area contributed by atoms with Crippen molar-refractivity contribution in [2.45, 2.75) is 99.3 Å². The lowest BCUT2D eigenvalue weighted by molar-refractivity contribution is -0.227. The summed E-state index contributed by atoms with van der Waals surface area (Å²) in [6.07, 6.45) is 15.2. The zero-order chi connectivity index (χ0) is 28.0. The summed E-state index contributed by atoms with van der Waals surface area (Å²) in [6, 6.07) is 5.95. The van der Waals surface area contributed by atoms with E-state index in [1.54, 1.807) is 0 Å². The molecule has 39 heavy (non-hydrogen) atoms. The standard InChI is InChI=1S/C36H49NO2/c1-23(2)26-13-16-36(22-38)18-17-34(6)27(30(26)36)11-12-29-33(5)21-24(20-25-10-8-9-19-37-25)31(39)32(3,4)28(33)14-15-35(29,34)7/h8-10,19-20,22,26-30H,1,11-18,21H2,2-7H3/b24-20-/t26-,27+,28-,29+,30+,33-,34+,35+,36+/m0/s1. The number of ketones is 1. The van der Waals surface area contributed by atoms with Crippen molar-refractivity contribution in [3.05, 3.63) is 47.8 Å². The van der Waals surface area contributed by atoms with E-state index in [-0.39, 0.29) is 27.1 Å². The van der Waals surface area contributed by atoms with Gasteiger partial charge >= 0.3 is 0 Å². The van der Waals surface area contributed by atoms with E-state index in [1.165, 1.54) is 31.1 Å². The largest absolute Gasteiger partial charge is 0.303 e. The van der Waals surface area contributed by atoms with Crippen LogP contribution in [-0.4, -0.2) is 17.1 Å². The molecule has 9 atom stereocenters. The summed E-state index contributed by atoms with van der Waals surface area (Å²) < 4.78 is 0. The molecule has 0 saturated heterocycles. The van der Waals surface area contributed by atoms with E-state index < -0.39 is 0 Å². The monoisotopic (exact) mass is 527 g/mol. The fourth-order valence-corrected chi connectivity index (χ4v) is 12.0. The van der Waals surface area contributed by atoms with E-state index in [4.69, 9.17) is 0 Å². The van der Waals surface area contributed by atoms with Crippen molar-refractivity contribution in [2.75, 3.05) is 0 Å². The molecule has 210 valence electrons. The summed E-state index contributed by atoms with van der Waals surface area (Å²) in [7, 11) is 0. The first-order chi connectivity index (χ1) is 18.3. The van der Waals surface area contributed by atoms with E-state index in [1.807, 2.05) is 24.4 Å². The molecular weight excluding hydrogens is 478 g/mol. The Balaban J connectivity index is 1.42. The molecule has 0 unspecified atom stereocenters. The fourth-order valence-electron chi connectivity index (χ4n) is 12.0. The zero-order valence-corrected chi connectivity index (χ0v) is 25.2. The Kier molecular flexibility index (Phi) is 6.08. The van der Waals surface area contributed by atoms with Crippen molar-refractivity contribution in [1.82, 2.24) is 4.98 Å². The molecule has 6 rings (SSSR count). The highest BCUT2D eigenvalue weighted by Crippen LogP contribution is 2.77. The Hall–Kier alpha value is -2.03. The molecule has 0 amide bonds. The van der Waals surface area contributed by atoms with Crippen LogP contribution in [0.15, 0.2) is 42.1 Å². The van der Waals surface area contributed by atoms with Crippen molar-refractivity contribution >= 4 is 18.1 Å². The van der Waals surface area contributed by atoms with Gasteiger partial charge in [-0.3, -0.25) is 9.78 Å². The van der Waals surface area contributed by atoms with E-state index in [0.717, 1.165) is 49.8 Å². The van der Waals surface area contributed by atoms with Gasteiger partial charge in [0.2, 0.25) is 0 Å². The molecule has 5 aliphatic carbocycles. The first kappa shape index (κ1) is 27.2. The van der Waals surface area contributed by atoms with Crippen molar-refractivity contribution < 1.29 is 9.59 Å². The Morgan fingerprint density at radius 1 is 0.949 bits per heavy atom. The quantitative estimate of drug-likeness (QED) is 0.225. The lowest BCUT2D eigenvalue weighted by Gasteiger charge is -2.72. The van der Waals surface area contributed by atoms with Crippen molar-refractivity contribution in [3.63, 3.8) is 0 Å². The number of rotatable bonds is 3.